The van der Waals surface area contributed by atoms with E-state index in [0.29, 0.717) is 29.4 Å². The van der Waals surface area contributed by atoms with Crippen LogP contribution in [-0.4, -0.2) is 37.0 Å². The minimum Gasteiger partial charge on any atom is -0.347 e. The average Bonchev–Trinajstić information content (AvgIpc) is 3.31. The van der Waals surface area contributed by atoms with Crippen LogP contribution in [-0.2, 0) is 30.3 Å². The Morgan fingerprint density at radius 1 is 1.18 bits per heavy atom. The molecule has 0 aliphatic carbocycles. The fraction of sp³-hybridized carbons (Fsp3) is 0.375. The Labute approximate surface area is 209 Å². The van der Waals surface area contributed by atoms with Crippen molar-refractivity contribution in [2.75, 3.05) is 6.61 Å². The molecule has 1 saturated heterocycles. The predicted molar refractivity (Wildman–Crippen MR) is 129 cm³/mol. The van der Waals surface area contributed by atoms with E-state index in [1.54, 1.807) is 36.8 Å². The van der Waals surface area contributed by atoms with Crippen LogP contribution in [0.15, 0.2) is 66.1 Å². The quantitative estimate of drug-likeness (QED) is 0.341. The fourth-order valence-corrected chi connectivity index (χ4v) is 5.24. The van der Waals surface area contributed by atoms with Crippen molar-refractivity contribution in [3.8, 4) is 0 Å². The van der Waals surface area contributed by atoms with Crippen molar-refractivity contribution in [3.63, 3.8) is 0 Å². The maximum Gasteiger partial charge on any atom is 0.297 e. The molecule has 4 rings (SSSR count). The van der Waals surface area contributed by atoms with Crippen molar-refractivity contribution >= 4 is 33.3 Å². The number of imidazole rings is 1. The Morgan fingerprint density at radius 2 is 1.97 bits per heavy atom. The van der Waals surface area contributed by atoms with E-state index >= 15 is 0 Å². The third-order valence-corrected chi connectivity index (χ3v) is 7.45. The molecule has 3 unspecified atom stereocenters. The lowest BCUT2D eigenvalue weighted by atomic mass is 10.1. The van der Waals surface area contributed by atoms with E-state index in [1.807, 2.05) is 23.8 Å². The number of benzene rings is 2. The smallest absolute Gasteiger partial charge is 0.297 e. The van der Waals surface area contributed by atoms with Crippen molar-refractivity contribution in [2.45, 2.75) is 56.1 Å². The van der Waals surface area contributed by atoms with Crippen molar-refractivity contribution in [2.24, 2.45) is 0 Å². The Hall–Kier alpha value is -1.94. The normalized spacial score (nSPS) is 19.7. The van der Waals surface area contributed by atoms with Gasteiger partial charge in [-0.1, -0.05) is 47.0 Å². The van der Waals surface area contributed by atoms with Gasteiger partial charge in [0.05, 0.1) is 30.5 Å². The van der Waals surface area contributed by atoms with E-state index < -0.39 is 28.6 Å². The summed E-state index contributed by atoms with van der Waals surface area (Å²) in [6.45, 7) is 2.29. The Kier molecular flexibility index (Phi) is 8.29. The summed E-state index contributed by atoms with van der Waals surface area (Å²) in [7, 11) is -3.86. The van der Waals surface area contributed by atoms with E-state index in [4.69, 9.17) is 36.9 Å². The number of ether oxygens (including phenoxy) is 2. The van der Waals surface area contributed by atoms with Crippen LogP contribution in [0, 0.1) is 6.92 Å². The molecule has 0 amide bonds. The highest BCUT2D eigenvalue weighted by molar-refractivity contribution is 7.86. The van der Waals surface area contributed by atoms with Crippen LogP contribution in [0.4, 0.5) is 0 Å². The number of hydrogen-bond donors (Lipinski definition) is 0. The monoisotopic (exact) mass is 524 g/mol. The number of nitrogens with zero attached hydrogens (tertiary/aromatic N) is 2. The largest absolute Gasteiger partial charge is 0.347 e. The van der Waals surface area contributed by atoms with E-state index in [-0.39, 0.29) is 11.5 Å². The molecule has 0 saturated carbocycles. The summed E-state index contributed by atoms with van der Waals surface area (Å²) in [5.41, 5.74) is 1.75. The maximum atomic E-state index is 12.5. The molecule has 34 heavy (non-hydrogen) atoms. The van der Waals surface area contributed by atoms with Crippen molar-refractivity contribution < 1.29 is 22.1 Å². The van der Waals surface area contributed by atoms with Crippen molar-refractivity contribution in [3.05, 3.63) is 82.4 Å². The maximum absolute atomic E-state index is 12.5. The van der Waals surface area contributed by atoms with Gasteiger partial charge in [-0.25, -0.2) is 4.98 Å². The zero-order valence-electron chi connectivity index (χ0n) is 18.6. The van der Waals surface area contributed by atoms with E-state index in [2.05, 4.69) is 4.98 Å². The van der Waals surface area contributed by atoms with E-state index in [0.717, 1.165) is 17.5 Å². The first kappa shape index (κ1) is 25.2. The van der Waals surface area contributed by atoms with Gasteiger partial charge in [0, 0.05) is 28.0 Å². The molecule has 0 radical (unpaired) electrons. The van der Waals surface area contributed by atoms with Crippen LogP contribution in [0.2, 0.25) is 10.0 Å². The number of aryl methyl sites for hydroxylation is 1. The molecule has 0 bridgehead atoms. The predicted octanol–water partition coefficient (Wildman–Crippen LogP) is 5.56. The summed E-state index contributed by atoms with van der Waals surface area (Å²) in [4.78, 5) is 4.21. The van der Waals surface area contributed by atoms with Gasteiger partial charge in [-0.3, -0.25) is 4.18 Å². The zero-order chi connectivity index (χ0) is 24.1. The first-order valence-corrected chi connectivity index (χ1v) is 13.1. The first-order valence-electron chi connectivity index (χ1n) is 11.0. The van der Waals surface area contributed by atoms with Gasteiger partial charge in [0.1, 0.15) is 6.10 Å². The second-order valence-corrected chi connectivity index (χ2v) is 10.7. The minimum atomic E-state index is -3.86. The molecule has 1 aromatic heterocycles. The Balaban J connectivity index is 1.41. The molecule has 0 spiro atoms. The lowest BCUT2D eigenvalue weighted by Crippen LogP contribution is -2.34. The van der Waals surface area contributed by atoms with E-state index in [1.165, 1.54) is 12.1 Å². The summed E-state index contributed by atoms with van der Waals surface area (Å²) in [6, 6.07) is 11.8. The van der Waals surface area contributed by atoms with Crippen LogP contribution >= 0.6 is 23.2 Å². The molecule has 1 fully saturated rings. The molecule has 1 aliphatic heterocycles. The van der Waals surface area contributed by atoms with Crippen LogP contribution < -0.4 is 0 Å². The molecule has 2 heterocycles. The standard InChI is InChI=1S/C24H26Cl2N2O5S/c1-17-5-8-20(9-6-17)34(29,30)31-15-19-3-2-4-24(32-19)33-23(14-28-12-11-27-16-28)21-10-7-18(25)13-22(21)26/h5-13,16,19,23-24H,2-4,14-15H2,1H3. The summed E-state index contributed by atoms with van der Waals surface area (Å²) >= 11 is 12.5. The topological polar surface area (TPSA) is 79.7 Å². The highest BCUT2D eigenvalue weighted by atomic mass is 35.5. The number of hydrogen-bond acceptors (Lipinski definition) is 6. The van der Waals surface area contributed by atoms with Gasteiger partial charge in [-0.2, -0.15) is 8.42 Å². The first-order chi connectivity index (χ1) is 16.3. The molecule has 3 aromatic rings. The number of rotatable bonds is 9. The van der Waals surface area contributed by atoms with Crippen molar-refractivity contribution in [1.29, 1.82) is 0 Å². The molecule has 1 aliphatic rings. The van der Waals surface area contributed by atoms with Crippen LogP contribution in [0.5, 0.6) is 0 Å². The molecule has 3 atom stereocenters. The van der Waals surface area contributed by atoms with Gasteiger partial charge < -0.3 is 14.0 Å². The number of aromatic nitrogens is 2. The second-order valence-electron chi connectivity index (χ2n) is 8.22. The van der Waals surface area contributed by atoms with Gasteiger partial charge in [0.2, 0.25) is 0 Å². The van der Waals surface area contributed by atoms with Gasteiger partial charge in [0.15, 0.2) is 6.29 Å². The SMILES string of the molecule is Cc1ccc(S(=O)(=O)OCC2CCCC(OC(Cn3ccnc3)c3ccc(Cl)cc3Cl)O2)cc1. The lowest BCUT2D eigenvalue weighted by Gasteiger charge is -2.33. The average molecular weight is 525 g/mol. The zero-order valence-corrected chi connectivity index (χ0v) is 21.0. The second kappa shape index (κ2) is 11.2. The summed E-state index contributed by atoms with van der Waals surface area (Å²) < 4.78 is 44.6. The Bertz CT molecular complexity index is 1190. The third kappa shape index (κ3) is 6.59. The van der Waals surface area contributed by atoms with Gasteiger partial charge >= 0.3 is 0 Å². The van der Waals surface area contributed by atoms with Crippen molar-refractivity contribution in [1.82, 2.24) is 9.55 Å². The lowest BCUT2D eigenvalue weighted by molar-refractivity contribution is -0.222. The van der Waals surface area contributed by atoms with Gasteiger partial charge in [-0.05, 0) is 50.5 Å². The molecule has 7 nitrogen and oxygen atoms in total. The van der Waals surface area contributed by atoms with Crippen LogP contribution in [0.25, 0.3) is 0 Å². The van der Waals surface area contributed by atoms with Crippen LogP contribution in [0.1, 0.15) is 36.5 Å². The van der Waals surface area contributed by atoms with Gasteiger partial charge in [0.25, 0.3) is 10.1 Å². The molecule has 182 valence electrons. The summed E-state index contributed by atoms with van der Waals surface area (Å²) in [5.74, 6) is 0. The van der Waals surface area contributed by atoms with E-state index in [9.17, 15) is 8.42 Å². The molecule has 2 aromatic carbocycles. The summed E-state index contributed by atoms with van der Waals surface area (Å²) in [5, 5.41) is 1.04. The molecular weight excluding hydrogens is 499 g/mol. The summed E-state index contributed by atoms with van der Waals surface area (Å²) in [6.07, 6.45) is 6.04. The Morgan fingerprint density at radius 3 is 2.68 bits per heavy atom. The molecule has 10 heteroatoms. The molecular formula is C24H26Cl2N2O5S. The minimum absolute atomic E-state index is 0.0794. The van der Waals surface area contributed by atoms with Gasteiger partial charge in [-0.15, -0.1) is 0 Å². The van der Waals surface area contributed by atoms with Crippen LogP contribution in [0.3, 0.4) is 0 Å². The fourth-order valence-electron chi connectivity index (χ4n) is 3.77. The third-order valence-electron chi connectivity index (χ3n) is 5.59. The highest BCUT2D eigenvalue weighted by Crippen LogP contribution is 2.33. The molecule has 0 N–H and O–H groups in total. The highest BCUT2D eigenvalue weighted by Gasteiger charge is 2.29. The number of halogens is 2.